The standard InChI is InChI=1S/C13H15N3O2/c1-2-18-13(17)9-11-3-5-12(6-4-11)10-16-8-7-14-15-16/h3-8H,2,9-10H2,1H3. The molecule has 94 valence electrons. The highest BCUT2D eigenvalue weighted by Gasteiger charge is 2.03. The van der Waals surface area contributed by atoms with Gasteiger partial charge in [0.25, 0.3) is 0 Å². The van der Waals surface area contributed by atoms with Crippen molar-refractivity contribution >= 4 is 5.97 Å². The van der Waals surface area contributed by atoms with E-state index in [4.69, 9.17) is 4.74 Å². The van der Waals surface area contributed by atoms with Crippen molar-refractivity contribution in [2.45, 2.75) is 19.9 Å². The van der Waals surface area contributed by atoms with E-state index in [1.165, 1.54) is 0 Å². The number of esters is 1. The Morgan fingerprint density at radius 1 is 1.28 bits per heavy atom. The molecule has 1 aromatic carbocycles. The van der Waals surface area contributed by atoms with Gasteiger partial charge in [-0.25, -0.2) is 4.68 Å². The minimum absolute atomic E-state index is 0.193. The van der Waals surface area contributed by atoms with Gasteiger partial charge in [-0.3, -0.25) is 4.79 Å². The fraction of sp³-hybridized carbons (Fsp3) is 0.308. The van der Waals surface area contributed by atoms with Crippen LogP contribution in [-0.2, 0) is 22.5 Å². The Morgan fingerprint density at radius 3 is 2.61 bits per heavy atom. The fourth-order valence-corrected chi connectivity index (χ4v) is 1.65. The van der Waals surface area contributed by atoms with Crippen LogP contribution in [0.15, 0.2) is 36.7 Å². The molecule has 1 heterocycles. The average molecular weight is 245 g/mol. The SMILES string of the molecule is CCOC(=O)Cc1ccc(Cn2ccnn2)cc1. The zero-order valence-corrected chi connectivity index (χ0v) is 10.2. The summed E-state index contributed by atoms with van der Waals surface area (Å²) in [5.74, 6) is -0.193. The van der Waals surface area contributed by atoms with E-state index in [-0.39, 0.29) is 5.97 Å². The van der Waals surface area contributed by atoms with E-state index in [0.717, 1.165) is 11.1 Å². The van der Waals surface area contributed by atoms with Gasteiger partial charge in [-0.15, -0.1) is 5.10 Å². The van der Waals surface area contributed by atoms with Crippen LogP contribution in [0.5, 0.6) is 0 Å². The highest BCUT2D eigenvalue weighted by Crippen LogP contribution is 2.07. The van der Waals surface area contributed by atoms with Gasteiger partial charge in [0.2, 0.25) is 0 Å². The van der Waals surface area contributed by atoms with Crippen LogP contribution < -0.4 is 0 Å². The quantitative estimate of drug-likeness (QED) is 0.748. The molecule has 18 heavy (non-hydrogen) atoms. The van der Waals surface area contributed by atoms with Gasteiger partial charge in [-0.05, 0) is 18.1 Å². The molecule has 0 amide bonds. The maximum atomic E-state index is 11.3. The first-order valence-corrected chi connectivity index (χ1v) is 5.85. The van der Waals surface area contributed by atoms with E-state index in [0.29, 0.717) is 19.6 Å². The Labute approximate surface area is 105 Å². The van der Waals surface area contributed by atoms with Crippen LogP contribution in [0.25, 0.3) is 0 Å². The van der Waals surface area contributed by atoms with Crippen molar-refractivity contribution in [3.63, 3.8) is 0 Å². The van der Waals surface area contributed by atoms with E-state index in [1.54, 1.807) is 17.8 Å². The van der Waals surface area contributed by atoms with Crippen molar-refractivity contribution in [1.82, 2.24) is 15.0 Å². The van der Waals surface area contributed by atoms with Gasteiger partial charge >= 0.3 is 5.97 Å². The van der Waals surface area contributed by atoms with E-state index < -0.39 is 0 Å². The second-order valence-corrected chi connectivity index (χ2v) is 3.90. The number of benzene rings is 1. The zero-order chi connectivity index (χ0) is 12.8. The normalized spacial score (nSPS) is 10.3. The first kappa shape index (κ1) is 12.3. The van der Waals surface area contributed by atoms with Crippen molar-refractivity contribution < 1.29 is 9.53 Å². The smallest absolute Gasteiger partial charge is 0.310 e. The molecule has 0 aliphatic heterocycles. The molecule has 0 aliphatic rings. The molecule has 0 atom stereocenters. The van der Waals surface area contributed by atoms with Gasteiger partial charge in [0.15, 0.2) is 0 Å². The van der Waals surface area contributed by atoms with Gasteiger partial charge in [0.05, 0.1) is 25.8 Å². The number of hydrogen-bond acceptors (Lipinski definition) is 4. The highest BCUT2D eigenvalue weighted by atomic mass is 16.5. The van der Waals surface area contributed by atoms with Gasteiger partial charge in [0.1, 0.15) is 0 Å². The minimum Gasteiger partial charge on any atom is -0.466 e. The summed E-state index contributed by atoms with van der Waals surface area (Å²) in [6.07, 6.45) is 3.78. The van der Waals surface area contributed by atoms with Crippen LogP contribution >= 0.6 is 0 Å². The average Bonchev–Trinajstić information content (AvgIpc) is 2.85. The number of aromatic nitrogens is 3. The Hall–Kier alpha value is -2.17. The summed E-state index contributed by atoms with van der Waals surface area (Å²) in [5.41, 5.74) is 2.07. The molecule has 5 nitrogen and oxygen atoms in total. The maximum absolute atomic E-state index is 11.3. The molecule has 0 saturated carbocycles. The summed E-state index contributed by atoms with van der Waals surface area (Å²) in [5, 5.41) is 7.65. The summed E-state index contributed by atoms with van der Waals surface area (Å²) >= 11 is 0. The Bertz CT molecular complexity index is 491. The number of nitrogens with zero attached hydrogens (tertiary/aromatic N) is 3. The predicted octanol–water partition coefficient (Wildman–Crippen LogP) is 1.43. The Balaban J connectivity index is 1.95. The lowest BCUT2D eigenvalue weighted by atomic mass is 10.1. The summed E-state index contributed by atoms with van der Waals surface area (Å²) in [6, 6.07) is 7.83. The fourth-order valence-electron chi connectivity index (χ4n) is 1.65. The van der Waals surface area contributed by atoms with Gasteiger partial charge in [0, 0.05) is 6.20 Å². The maximum Gasteiger partial charge on any atom is 0.310 e. The Kier molecular flexibility index (Phi) is 4.06. The number of ether oxygens (including phenoxy) is 1. The molecule has 0 N–H and O–H groups in total. The molecule has 5 heteroatoms. The second-order valence-electron chi connectivity index (χ2n) is 3.90. The first-order valence-electron chi connectivity index (χ1n) is 5.85. The van der Waals surface area contributed by atoms with Crippen LogP contribution in [0.3, 0.4) is 0 Å². The number of rotatable bonds is 5. The molecule has 0 saturated heterocycles. The largest absolute Gasteiger partial charge is 0.466 e. The van der Waals surface area contributed by atoms with Crippen LogP contribution in [0.2, 0.25) is 0 Å². The lowest BCUT2D eigenvalue weighted by molar-refractivity contribution is -0.142. The molecule has 0 fully saturated rings. The number of hydrogen-bond donors (Lipinski definition) is 0. The third-order valence-corrected chi connectivity index (χ3v) is 2.49. The molecule has 0 spiro atoms. The number of carbonyl (C=O) groups excluding carboxylic acids is 1. The molecule has 0 unspecified atom stereocenters. The van der Waals surface area contributed by atoms with Crippen LogP contribution in [0.4, 0.5) is 0 Å². The summed E-state index contributed by atoms with van der Waals surface area (Å²) in [7, 11) is 0. The minimum atomic E-state index is -0.193. The Morgan fingerprint density at radius 2 is 2.00 bits per heavy atom. The van der Waals surface area contributed by atoms with E-state index in [2.05, 4.69) is 10.3 Å². The predicted molar refractivity (Wildman–Crippen MR) is 65.9 cm³/mol. The van der Waals surface area contributed by atoms with Crippen molar-refractivity contribution in [2.75, 3.05) is 6.61 Å². The third-order valence-electron chi connectivity index (χ3n) is 2.49. The van der Waals surface area contributed by atoms with E-state index in [1.807, 2.05) is 30.5 Å². The molecule has 2 aromatic rings. The topological polar surface area (TPSA) is 57.0 Å². The molecule has 0 bridgehead atoms. The van der Waals surface area contributed by atoms with Crippen LogP contribution in [0, 0.1) is 0 Å². The van der Waals surface area contributed by atoms with Gasteiger partial charge < -0.3 is 4.74 Å². The van der Waals surface area contributed by atoms with Crippen LogP contribution in [-0.4, -0.2) is 27.6 Å². The highest BCUT2D eigenvalue weighted by molar-refractivity contribution is 5.72. The van der Waals surface area contributed by atoms with E-state index >= 15 is 0 Å². The monoisotopic (exact) mass is 245 g/mol. The summed E-state index contributed by atoms with van der Waals surface area (Å²) in [4.78, 5) is 11.3. The van der Waals surface area contributed by atoms with Crippen molar-refractivity contribution in [3.8, 4) is 0 Å². The van der Waals surface area contributed by atoms with Crippen LogP contribution in [0.1, 0.15) is 18.1 Å². The lowest BCUT2D eigenvalue weighted by Crippen LogP contribution is -2.07. The molecular weight excluding hydrogens is 230 g/mol. The molecule has 1 aromatic heterocycles. The zero-order valence-electron chi connectivity index (χ0n) is 10.2. The summed E-state index contributed by atoms with van der Waals surface area (Å²) < 4.78 is 6.65. The van der Waals surface area contributed by atoms with Crippen molar-refractivity contribution in [2.24, 2.45) is 0 Å². The first-order chi connectivity index (χ1) is 8.78. The van der Waals surface area contributed by atoms with Gasteiger partial charge in [-0.2, -0.15) is 0 Å². The number of carbonyl (C=O) groups is 1. The third kappa shape index (κ3) is 3.41. The van der Waals surface area contributed by atoms with Crippen molar-refractivity contribution in [1.29, 1.82) is 0 Å². The molecular formula is C13H15N3O2. The lowest BCUT2D eigenvalue weighted by Gasteiger charge is -2.04. The van der Waals surface area contributed by atoms with E-state index in [9.17, 15) is 4.79 Å². The van der Waals surface area contributed by atoms with Crippen molar-refractivity contribution in [3.05, 3.63) is 47.8 Å². The molecule has 0 radical (unpaired) electrons. The summed E-state index contributed by atoms with van der Waals surface area (Å²) in [6.45, 7) is 2.90. The van der Waals surface area contributed by atoms with Gasteiger partial charge in [-0.1, -0.05) is 29.5 Å². The molecule has 2 rings (SSSR count). The second kappa shape index (κ2) is 5.95. The molecule has 0 aliphatic carbocycles.